The molecule has 0 unspecified atom stereocenters. The van der Waals surface area contributed by atoms with E-state index in [9.17, 15) is 13.6 Å². The monoisotopic (exact) mass is 317 g/mol. The van der Waals surface area contributed by atoms with Crippen LogP contribution in [-0.2, 0) is 11.4 Å². The van der Waals surface area contributed by atoms with Gasteiger partial charge in [-0.3, -0.25) is 0 Å². The first-order valence-corrected chi connectivity index (χ1v) is 7.06. The second kappa shape index (κ2) is 7.68. The molecule has 3 nitrogen and oxygen atoms in total. The van der Waals surface area contributed by atoms with Gasteiger partial charge in [-0.2, -0.15) is 0 Å². The van der Waals surface area contributed by atoms with Crippen molar-refractivity contribution in [3.05, 3.63) is 65.2 Å². The first-order chi connectivity index (χ1) is 11.0. The minimum absolute atomic E-state index is 0.113. The van der Waals surface area contributed by atoms with Crippen molar-refractivity contribution in [2.24, 2.45) is 0 Å². The van der Waals surface area contributed by atoms with Crippen molar-refractivity contribution in [3.63, 3.8) is 0 Å². The molecule has 0 spiro atoms. The Morgan fingerprint density at radius 1 is 1.09 bits per heavy atom. The average molecular weight is 317 g/mol. The summed E-state index contributed by atoms with van der Waals surface area (Å²) in [5.41, 5.74) is 1.15. The van der Waals surface area contributed by atoms with Crippen LogP contribution in [0.25, 0.3) is 5.57 Å². The third-order valence-corrected chi connectivity index (χ3v) is 3.25. The Morgan fingerprint density at radius 3 is 2.22 bits per heavy atom. The van der Waals surface area contributed by atoms with Crippen molar-refractivity contribution < 1.29 is 18.3 Å². The molecule has 5 heteroatoms. The lowest BCUT2D eigenvalue weighted by atomic mass is 10.1. The fourth-order valence-electron chi connectivity index (χ4n) is 2.08. The van der Waals surface area contributed by atoms with E-state index < -0.39 is 11.6 Å². The molecule has 0 saturated carbocycles. The Hall–Kier alpha value is -2.49. The van der Waals surface area contributed by atoms with E-state index in [1.54, 1.807) is 24.3 Å². The highest BCUT2D eigenvalue weighted by Crippen LogP contribution is 2.20. The van der Waals surface area contributed by atoms with Gasteiger partial charge in [0, 0.05) is 6.54 Å². The summed E-state index contributed by atoms with van der Waals surface area (Å²) in [7, 11) is 3.72. The van der Waals surface area contributed by atoms with Crippen molar-refractivity contribution >= 4 is 11.5 Å². The number of rotatable bonds is 6. The molecule has 120 valence electrons. The van der Waals surface area contributed by atoms with Crippen LogP contribution in [-0.4, -0.2) is 31.5 Å². The summed E-state index contributed by atoms with van der Waals surface area (Å²) in [4.78, 5) is 12.9. The number of ether oxygens (including phenoxy) is 1. The Kier molecular flexibility index (Phi) is 5.63. The van der Waals surface area contributed by atoms with Crippen LogP contribution in [0.3, 0.4) is 0 Å². The van der Waals surface area contributed by atoms with E-state index in [0.29, 0.717) is 17.9 Å². The normalized spacial score (nSPS) is 10.5. The van der Waals surface area contributed by atoms with Gasteiger partial charge in [-0.15, -0.1) is 0 Å². The molecule has 0 bridgehead atoms. The summed E-state index contributed by atoms with van der Waals surface area (Å²) in [6.45, 7) is 0.274. The van der Waals surface area contributed by atoms with E-state index in [0.717, 1.165) is 5.56 Å². The first kappa shape index (κ1) is 16.9. The van der Waals surface area contributed by atoms with E-state index in [-0.39, 0.29) is 12.2 Å². The van der Waals surface area contributed by atoms with Gasteiger partial charge < -0.3 is 9.64 Å². The van der Waals surface area contributed by atoms with Crippen LogP contribution < -0.4 is 4.74 Å². The van der Waals surface area contributed by atoms with Crippen LogP contribution in [0.2, 0.25) is 0 Å². The smallest absolute Gasteiger partial charge is 0.132 e. The maximum atomic E-state index is 13.5. The van der Waals surface area contributed by atoms with E-state index in [1.807, 2.05) is 24.9 Å². The summed E-state index contributed by atoms with van der Waals surface area (Å²) in [5, 5.41) is 0. The summed E-state index contributed by atoms with van der Waals surface area (Å²) < 4.78 is 32.4. The van der Waals surface area contributed by atoms with E-state index in [4.69, 9.17) is 4.74 Å². The van der Waals surface area contributed by atoms with Gasteiger partial charge in [-0.1, -0.05) is 18.2 Å². The largest absolute Gasteiger partial charge is 0.489 e. The molecular weight excluding hydrogens is 300 g/mol. The lowest BCUT2D eigenvalue weighted by molar-refractivity contribution is 0.292. The Bertz CT molecular complexity index is 700. The number of hydrogen-bond acceptors (Lipinski definition) is 3. The molecule has 23 heavy (non-hydrogen) atoms. The van der Waals surface area contributed by atoms with Gasteiger partial charge in [0.25, 0.3) is 0 Å². The lowest BCUT2D eigenvalue weighted by Crippen LogP contribution is -2.14. The molecule has 2 aromatic rings. The molecule has 2 aromatic carbocycles. The van der Waals surface area contributed by atoms with Crippen molar-refractivity contribution in [3.8, 4) is 5.75 Å². The van der Waals surface area contributed by atoms with Gasteiger partial charge in [-0.05, 0) is 43.9 Å². The molecular formula is C18H17F2NO2. The van der Waals surface area contributed by atoms with Crippen LogP contribution in [0.4, 0.5) is 8.78 Å². The highest BCUT2D eigenvalue weighted by molar-refractivity contribution is 5.88. The molecule has 2 rings (SSSR count). The van der Waals surface area contributed by atoms with Crippen LogP contribution in [0.15, 0.2) is 42.5 Å². The van der Waals surface area contributed by atoms with Crippen LogP contribution in [0, 0.1) is 11.6 Å². The number of hydrogen-bond donors (Lipinski definition) is 0. The predicted octanol–water partition coefficient (Wildman–Crippen LogP) is 3.32. The van der Waals surface area contributed by atoms with Crippen LogP contribution in [0.5, 0.6) is 5.75 Å². The number of halogens is 2. The molecule has 0 aliphatic rings. The summed E-state index contributed by atoms with van der Waals surface area (Å²) in [6.07, 6.45) is 0. The number of nitrogens with zero attached hydrogens (tertiary/aromatic N) is 1. The third kappa shape index (κ3) is 4.49. The molecule has 0 aromatic heterocycles. The Morgan fingerprint density at radius 2 is 1.70 bits per heavy atom. The zero-order valence-electron chi connectivity index (χ0n) is 13.0. The molecule has 0 atom stereocenters. The fourth-order valence-corrected chi connectivity index (χ4v) is 2.08. The summed E-state index contributed by atoms with van der Waals surface area (Å²) in [5.74, 6) is 1.11. The SMILES string of the molecule is CN(C)CC(=C=O)c1ccc(OCc2c(F)cccc2F)cc1. The molecule has 0 saturated heterocycles. The molecule has 0 aliphatic carbocycles. The Balaban J connectivity index is 2.07. The number of benzene rings is 2. The number of carbonyl (C=O) groups excluding carboxylic acids is 1. The first-order valence-electron chi connectivity index (χ1n) is 7.06. The fraction of sp³-hybridized carbons (Fsp3) is 0.222. The highest BCUT2D eigenvalue weighted by atomic mass is 19.1. The average Bonchev–Trinajstić information content (AvgIpc) is 2.52. The molecule has 0 aliphatic heterocycles. The Labute approximate surface area is 133 Å². The lowest BCUT2D eigenvalue weighted by Gasteiger charge is -2.12. The van der Waals surface area contributed by atoms with Gasteiger partial charge in [0.05, 0.1) is 11.1 Å². The van der Waals surface area contributed by atoms with Crippen LogP contribution in [0.1, 0.15) is 11.1 Å². The molecule has 0 N–H and O–H groups in total. The zero-order valence-corrected chi connectivity index (χ0v) is 13.0. The second-order valence-electron chi connectivity index (χ2n) is 5.33. The standard InChI is InChI=1S/C18H17F2NO2/c1-21(2)10-14(11-22)13-6-8-15(9-7-13)23-12-16-17(19)4-3-5-18(16)20/h3-9H,10,12H2,1-2H3. The van der Waals surface area contributed by atoms with E-state index >= 15 is 0 Å². The van der Waals surface area contributed by atoms with Gasteiger partial charge in [0.1, 0.15) is 29.9 Å². The zero-order chi connectivity index (χ0) is 16.8. The molecule has 0 fully saturated rings. The van der Waals surface area contributed by atoms with Gasteiger partial charge in [-0.25, -0.2) is 13.6 Å². The van der Waals surface area contributed by atoms with E-state index in [2.05, 4.69) is 0 Å². The number of likely N-dealkylation sites (N-methyl/N-ethyl adjacent to an activating group) is 1. The van der Waals surface area contributed by atoms with Crippen molar-refractivity contribution in [1.82, 2.24) is 4.90 Å². The maximum absolute atomic E-state index is 13.5. The summed E-state index contributed by atoms with van der Waals surface area (Å²) in [6, 6.07) is 10.4. The summed E-state index contributed by atoms with van der Waals surface area (Å²) >= 11 is 0. The molecule has 0 radical (unpaired) electrons. The van der Waals surface area contributed by atoms with E-state index in [1.165, 1.54) is 18.2 Å². The van der Waals surface area contributed by atoms with Crippen LogP contribution >= 0.6 is 0 Å². The van der Waals surface area contributed by atoms with Crippen molar-refractivity contribution in [2.45, 2.75) is 6.61 Å². The topological polar surface area (TPSA) is 29.5 Å². The quantitative estimate of drug-likeness (QED) is 0.766. The van der Waals surface area contributed by atoms with Gasteiger partial charge in [0.2, 0.25) is 0 Å². The maximum Gasteiger partial charge on any atom is 0.132 e. The minimum Gasteiger partial charge on any atom is -0.489 e. The second-order valence-corrected chi connectivity index (χ2v) is 5.33. The third-order valence-electron chi connectivity index (χ3n) is 3.25. The van der Waals surface area contributed by atoms with Crippen molar-refractivity contribution in [2.75, 3.05) is 20.6 Å². The van der Waals surface area contributed by atoms with Gasteiger partial charge >= 0.3 is 0 Å². The minimum atomic E-state index is -0.640. The molecule has 0 heterocycles. The highest BCUT2D eigenvalue weighted by Gasteiger charge is 2.09. The van der Waals surface area contributed by atoms with Crippen molar-refractivity contribution in [1.29, 1.82) is 0 Å². The predicted molar refractivity (Wildman–Crippen MR) is 84.8 cm³/mol. The van der Waals surface area contributed by atoms with Gasteiger partial charge in [0.15, 0.2) is 0 Å². The molecule has 0 amide bonds.